The van der Waals surface area contributed by atoms with E-state index in [1.54, 1.807) is 0 Å². The average Bonchev–Trinajstić information content (AvgIpc) is 2.31. The molecule has 0 amide bonds. The first-order valence-corrected chi connectivity index (χ1v) is 7.40. The Morgan fingerprint density at radius 2 is 2.00 bits per heavy atom. The van der Waals surface area contributed by atoms with Gasteiger partial charge in [-0.05, 0) is 66.7 Å². The Kier molecular flexibility index (Phi) is 6.25. The van der Waals surface area contributed by atoms with Crippen molar-refractivity contribution in [2.24, 2.45) is 5.92 Å². The molecule has 0 aromatic rings. The zero-order valence-electron chi connectivity index (χ0n) is 13.2. The number of hydrogen-bond donors (Lipinski definition) is 1. The van der Waals surface area contributed by atoms with Crippen LogP contribution in [-0.2, 0) is 0 Å². The zero-order valence-corrected chi connectivity index (χ0v) is 13.2. The van der Waals surface area contributed by atoms with E-state index in [0.29, 0.717) is 6.04 Å². The molecule has 0 bridgehead atoms. The number of likely N-dealkylation sites (N-methyl/N-ethyl adjacent to an activating group) is 1. The molecule has 0 aromatic heterocycles. The summed E-state index contributed by atoms with van der Waals surface area (Å²) in [6.07, 6.45) is 2.56. The van der Waals surface area contributed by atoms with Crippen LogP contribution in [0.25, 0.3) is 0 Å². The zero-order chi connectivity index (χ0) is 14.5. The van der Waals surface area contributed by atoms with E-state index in [2.05, 4.69) is 49.1 Å². The number of nitrogens with zero attached hydrogens (tertiary/aromatic N) is 3. The van der Waals surface area contributed by atoms with Crippen LogP contribution in [0.5, 0.6) is 0 Å². The Hall–Kier alpha value is -0.630. The summed E-state index contributed by atoms with van der Waals surface area (Å²) in [5, 5.41) is 12.7. The van der Waals surface area contributed by atoms with Gasteiger partial charge >= 0.3 is 0 Å². The molecule has 1 heterocycles. The van der Waals surface area contributed by atoms with Crippen molar-refractivity contribution in [1.29, 1.82) is 5.26 Å². The fourth-order valence-electron chi connectivity index (χ4n) is 3.04. The summed E-state index contributed by atoms with van der Waals surface area (Å²) in [6, 6.07) is 2.76. The predicted molar refractivity (Wildman–Crippen MR) is 80.0 cm³/mol. The monoisotopic (exact) mass is 266 g/mol. The van der Waals surface area contributed by atoms with Crippen molar-refractivity contribution in [1.82, 2.24) is 15.1 Å². The third-order valence-corrected chi connectivity index (χ3v) is 3.85. The van der Waals surface area contributed by atoms with Crippen LogP contribution in [0.1, 0.15) is 33.6 Å². The van der Waals surface area contributed by atoms with Gasteiger partial charge < -0.3 is 9.80 Å². The molecule has 0 spiro atoms. The van der Waals surface area contributed by atoms with Crippen LogP contribution in [0.4, 0.5) is 0 Å². The third kappa shape index (κ3) is 5.90. The molecular weight excluding hydrogens is 236 g/mol. The van der Waals surface area contributed by atoms with Crippen LogP contribution in [-0.4, -0.2) is 61.7 Å². The first-order chi connectivity index (χ1) is 8.84. The second-order valence-electron chi connectivity index (χ2n) is 6.69. The minimum atomic E-state index is -0.450. The van der Waals surface area contributed by atoms with E-state index < -0.39 is 5.54 Å². The summed E-state index contributed by atoms with van der Waals surface area (Å²) >= 11 is 0. The smallest absolute Gasteiger partial charge is 0.116 e. The van der Waals surface area contributed by atoms with Crippen LogP contribution in [0, 0.1) is 17.2 Å². The summed E-state index contributed by atoms with van der Waals surface area (Å²) < 4.78 is 0. The molecule has 0 aromatic carbocycles. The Labute approximate surface area is 118 Å². The molecule has 1 rings (SSSR count). The highest BCUT2D eigenvalue weighted by atomic mass is 15.2. The molecule has 1 unspecified atom stereocenters. The second kappa shape index (κ2) is 7.23. The lowest BCUT2D eigenvalue weighted by atomic mass is 9.95. The largest absolute Gasteiger partial charge is 0.306 e. The molecule has 1 fully saturated rings. The number of piperidine rings is 1. The fraction of sp³-hybridized carbons (Fsp3) is 0.933. The van der Waals surface area contributed by atoms with Gasteiger partial charge in [0.2, 0.25) is 0 Å². The van der Waals surface area contributed by atoms with E-state index in [4.69, 9.17) is 0 Å². The Morgan fingerprint density at radius 3 is 2.47 bits per heavy atom. The van der Waals surface area contributed by atoms with Crippen LogP contribution >= 0.6 is 0 Å². The lowest BCUT2D eigenvalue weighted by molar-refractivity contribution is 0.161. The summed E-state index contributed by atoms with van der Waals surface area (Å²) in [6.45, 7) is 10.5. The lowest BCUT2D eigenvalue weighted by Gasteiger charge is -2.35. The van der Waals surface area contributed by atoms with Gasteiger partial charge in [-0.2, -0.15) is 5.26 Å². The van der Waals surface area contributed by atoms with Crippen molar-refractivity contribution in [3.63, 3.8) is 0 Å². The Morgan fingerprint density at radius 1 is 1.42 bits per heavy atom. The second-order valence-corrected chi connectivity index (χ2v) is 6.69. The van der Waals surface area contributed by atoms with Gasteiger partial charge in [0.15, 0.2) is 0 Å². The SMILES string of the molecule is CC(C)NC(C)(C#N)CN(C)CC1CCN(C)CC1. The Bertz CT molecular complexity index is 302. The van der Waals surface area contributed by atoms with Gasteiger partial charge in [0.05, 0.1) is 6.07 Å². The van der Waals surface area contributed by atoms with Gasteiger partial charge in [-0.15, -0.1) is 0 Å². The summed E-state index contributed by atoms with van der Waals surface area (Å²) in [5.74, 6) is 0.781. The van der Waals surface area contributed by atoms with Crippen molar-refractivity contribution in [2.75, 3.05) is 40.3 Å². The van der Waals surface area contributed by atoms with Gasteiger partial charge in [0.1, 0.15) is 5.54 Å². The molecule has 0 radical (unpaired) electrons. The van der Waals surface area contributed by atoms with E-state index in [0.717, 1.165) is 19.0 Å². The van der Waals surface area contributed by atoms with Crippen LogP contribution < -0.4 is 5.32 Å². The highest BCUT2D eigenvalue weighted by Gasteiger charge is 2.27. The van der Waals surface area contributed by atoms with Crippen molar-refractivity contribution in [2.45, 2.75) is 45.2 Å². The molecule has 1 aliphatic rings. The third-order valence-electron chi connectivity index (χ3n) is 3.85. The van der Waals surface area contributed by atoms with E-state index in [1.807, 2.05) is 6.92 Å². The minimum Gasteiger partial charge on any atom is -0.306 e. The van der Waals surface area contributed by atoms with Gasteiger partial charge in [0.25, 0.3) is 0 Å². The maximum atomic E-state index is 9.38. The molecule has 1 atom stereocenters. The summed E-state index contributed by atoms with van der Waals surface area (Å²) in [4.78, 5) is 4.71. The highest BCUT2D eigenvalue weighted by molar-refractivity contribution is 5.06. The lowest BCUT2D eigenvalue weighted by Crippen LogP contribution is -2.53. The standard InChI is InChI=1S/C15H30N4/c1-13(2)17-15(3,11-16)12-19(5)10-14-6-8-18(4)9-7-14/h13-14,17H,6-10,12H2,1-5H3. The molecule has 110 valence electrons. The van der Waals surface area contributed by atoms with E-state index in [9.17, 15) is 5.26 Å². The van der Waals surface area contributed by atoms with Gasteiger partial charge in [-0.1, -0.05) is 0 Å². The number of nitrogens with one attached hydrogen (secondary N) is 1. The molecule has 1 aliphatic heterocycles. The van der Waals surface area contributed by atoms with Gasteiger partial charge in [0, 0.05) is 19.1 Å². The van der Waals surface area contributed by atoms with Crippen molar-refractivity contribution < 1.29 is 0 Å². The van der Waals surface area contributed by atoms with Gasteiger partial charge in [-0.25, -0.2) is 0 Å². The normalized spacial score (nSPS) is 21.6. The first kappa shape index (κ1) is 16.4. The molecule has 1 N–H and O–H groups in total. The van der Waals surface area contributed by atoms with Crippen LogP contribution in [0.3, 0.4) is 0 Å². The maximum absolute atomic E-state index is 9.38. The quantitative estimate of drug-likeness (QED) is 0.792. The van der Waals surface area contributed by atoms with Crippen molar-refractivity contribution in [3.8, 4) is 6.07 Å². The molecule has 4 heteroatoms. The molecule has 0 aliphatic carbocycles. The predicted octanol–water partition coefficient (Wildman–Crippen LogP) is 1.54. The molecule has 19 heavy (non-hydrogen) atoms. The first-order valence-electron chi connectivity index (χ1n) is 7.40. The average molecular weight is 266 g/mol. The molecule has 4 nitrogen and oxygen atoms in total. The van der Waals surface area contributed by atoms with Crippen molar-refractivity contribution >= 4 is 0 Å². The molecule has 0 saturated carbocycles. The van der Waals surface area contributed by atoms with E-state index in [-0.39, 0.29) is 0 Å². The Balaban J connectivity index is 2.41. The van der Waals surface area contributed by atoms with Crippen LogP contribution in [0.15, 0.2) is 0 Å². The van der Waals surface area contributed by atoms with Crippen LogP contribution in [0.2, 0.25) is 0 Å². The summed E-state index contributed by atoms with van der Waals surface area (Å²) in [5.41, 5.74) is -0.450. The van der Waals surface area contributed by atoms with E-state index in [1.165, 1.54) is 25.9 Å². The topological polar surface area (TPSA) is 42.3 Å². The number of hydrogen-bond acceptors (Lipinski definition) is 4. The fourth-order valence-corrected chi connectivity index (χ4v) is 3.04. The number of nitriles is 1. The highest BCUT2D eigenvalue weighted by Crippen LogP contribution is 2.17. The minimum absolute atomic E-state index is 0.335. The van der Waals surface area contributed by atoms with Crippen molar-refractivity contribution in [3.05, 3.63) is 0 Å². The molecule has 1 saturated heterocycles. The number of rotatable bonds is 6. The maximum Gasteiger partial charge on any atom is 0.116 e. The van der Waals surface area contributed by atoms with Gasteiger partial charge in [-0.3, -0.25) is 5.32 Å². The molecular formula is C15H30N4. The van der Waals surface area contributed by atoms with E-state index >= 15 is 0 Å². The summed E-state index contributed by atoms with van der Waals surface area (Å²) in [7, 11) is 4.33. The number of likely N-dealkylation sites (tertiary alicyclic amines) is 1.